The molecule has 2 aliphatic heterocycles. The summed E-state index contributed by atoms with van der Waals surface area (Å²) in [7, 11) is 1.65. The lowest BCUT2D eigenvalue weighted by molar-refractivity contribution is -0.135. The summed E-state index contributed by atoms with van der Waals surface area (Å²) in [6.45, 7) is 2.12. The van der Waals surface area contributed by atoms with E-state index in [0.717, 1.165) is 29.1 Å². The van der Waals surface area contributed by atoms with Crippen molar-refractivity contribution in [2.75, 3.05) is 32.1 Å². The Morgan fingerprint density at radius 3 is 2.77 bits per heavy atom. The van der Waals surface area contributed by atoms with Crippen molar-refractivity contribution in [3.05, 3.63) is 59.7 Å². The van der Waals surface area contributed by atoms with Gasteiger partial charge in [-0.2, -0.15) is 0 Å². The molecule has 2 amide bonds. The SMILES string of the molecule is COc1ccccc1C1CNCCN1C(=O)CCC1Cc2ccccc2NC1=O.Cl. The summed E-state index contributed by atoms with van der Waals surface area (Å²) in [6, 6.07) is 15.7. The van der Waals surface area contributed by atoms with Crippen LogP contribution in [0.25, 0.3) is 0 Å². The molecule has 6 nitrogen and oxygen atoms in total. The zero-order chi connectivity index (χ0) is 20.2. The number of carbonyl (C=O) groups excluding carboxylic acids is 2. The van der Waals surface area contributed by atoms with E-state index in [2.05, 4.69) is 10.6 Å². The molecule has 2 aromatic rings. The summed E-state index contributed by atoms with van der Waals surface area (Å²) in [6.07, 6.45) is 1.61. The third-order valence-electron chi connectivity index (χ3n) is 5.88. The number of rotatable bonds is 5. The molecule has 2 atom stereocenters. The number of amides is 2. The highest BCUT2D eigenvalue weighted by molar-refractivity contribution is 5.96. The van der Waals surface area contributed by atoms with Crippen LogP contribution < -0.4 is 15.4 Å². The van der Waals surface area contributed by atoms with Gasteiger partial charge in [-0.25, -0.2) is 0 Å². The van der Waals surface area contributed by atoms with Gasteiger partial charge in [0.2, 0.25) is 11.8 Å². The summed E-state index contributed by atoms with van der Waals surface area (Å²) >= 11 is 0. The first-order valence-electron chi connectivity index (χ1n) is 10.2. The average Bonchev–Trinajstić information content (AvgIpc) is 2.77. The number of ether oxygens (including phenoxy) is 1. The lowest BCUT2D eigenvalue weighted by Crippen LogP contribution is -2.49. The maximum absolute atomic E-state index is 13.1. The minimum absolute atomic E-state index is 0. The average molecular weight is 430 g/mol. The van der Waals surface area contributed by atoms with E-state index in [1.807, 2.05) is 53.4 Å². The molecule has 0 aliphatic carbocycles. The highest BCUT2D eigenvalue weighted by Crippen LogP contribution is 2.32. The zero-order valence-corrected chi connectivity index (χ0v) is 17.9. The molecule has 30 heavy (non-hydrogen) atoms. The standard InChI is InChI=1S/C23H27N3O3.ClH/c1-29-21-9-5-3-7-18(21)20-15-24-12-13-26(20)22(27)11-10-17-14-16-6-2-4-8-19(16)25-23(17)28;/h2-9,17,20,24H,10-15H2,1H3,(H,25,28);1H. The van der Waals surface area contributed by atoms with Crippen molar-refractivity contribution < 1.29 is 14.3 Å². The van der Waals surface area contributed by atoms with Gasteiger partial charge in [0.25, 0.3) is 0 Å². The number of benzene rings is 2. The fourth-order valence-corrected chi connectivity index (χ4v) is 4.31. The lowest BCUT2D eigenvalue weighted by Gasteiger charge is -2.37. The Morgan fingerprint density at radius 2 is 1.93 bits per heavy atom. The van der Waals surface area contributed by atoms with E-state index in [1.54, 1.807) is 7.11 Å². The molecule has 4 rings (SSSR count). The Morgan fingerprint density at radius 1 is 1.17 bits per heavy atom. The van der Waals surface area contributed by atoms with Crippen molar-refractivity contribution in [3.63, 3.8) is 0 Å². The monoisotopic (exact) mass is 429 g/mol. The van der Waals surface area contributed by atoms with Crippen LogP contribution in [0.15, 0.2) is 48.5 Å². The van der Waals surface area contributed by atoms with Crippen LogP contribution in [0.4, 0.5) is 5.69 Å². The van der Waals surface area contributed by atoms with Crippen molar-refractivity contribution in [2.45, 2.75) is 25.3 Å². The predicted octanol–water partition coefficient (Wildman–Crippen LogP) is 3.18. The Balaban J connectivity index is 0.00000256. The van der Waals surface area contributed by atoms with Crippen molar-refractivity contribution in [1.82, 2.24) is 10.2 Å². The zero-order valence-electron chi connectivity index (χ0n) is 17.1. The number of halogens is 1. The molecule has 2 heterocycles. The van der Waals surface area contributed by atoms with Gasteiger partial charge in [0, 0.05) is 43.2 Å². The number of piperazine rings is 1. The van der Waals surface area contributed by atoms with Gasteiger partial charge in [-0.3, -0.25) is 9.59 Å². The number of hydrogen-bond donors (Lipinski definition) is 2. The second kappa shape index (κ2) is 9.96. The van der Waals surface area contributed by atoms with Crippen LogP contribution in [0.2, 0.25) is 0 Å². The molecule has 0 aromatic heterocycles. The molecular formula is C23H28ClN3O3. The van der Waals surface area contributed by atoms with E-state index in [9.17, 15) is 9.59 Å². The lowest BCUT2D eigenvalue weighted by atomic mass is 9.89. The molecule has 2 N–H and O–H groups in total. The minimum atomic E-state index is -0.165. The molecule has 1 saturated heterocycles. The van der Waals surface area contributed by atoms with Gasteiger partial charge in [-0.1, -0.05) is 36.4 Å². The van der Waals surface area contributed by atoms with E-state index in [1.165, 1.54) is 0 Å². The van der Waals surface area contributed by atoms with Crippen LogP contribution in [0, 0.1) is 5.92 Å². The van der Waals surface area contributed by atoms with E-state index < -0.39 is 0 Å². The summed E-state index contributed by atoms with van der Waals surface area (Å²) < 4.78 is 5.51. The van der Waals surface area contributed by atoms with E-state index in [4.69, 9.17) is 4.74 Å². The summed E-state index contributed by atoms with van der Waals surface area (Å²) in [5.74, 6) is 0.732. The molecule has 0 spiro atoms. The number of para-hydroxylation sites is 2. The Bertz CT molecular complexity index is 905. The van der Waals surface area contributed by atoms with Crippen LogP contribution in [0.3, 0.4) is 0 Å². The van der Waals surface area contributed by atoms with Gasteiger partial charge in [0.05, 0.1) is 13.2 Å². The number of methoxy groups -OCH3 is 1. The quantitative estimate of drug-likeness (QED) is 0.765. The first-order valence-corrected chi connectivity index (χ1v) is 10.2. The smallest absolute Gasteiger partial charge is 0.227 e. The first kappa shape index (κ1) is 22.1. The van der Waals surface area contributed by atoms with Gasteiger partial charge >= 0.3 is 0 Å². The summed E-state index contributed by atoms with van der Waals surface area (Å²) in [5.41, 5.74) is 3.04. The van der Waals surface area contributed by atoms with Crippen LogP contribution in [-0.2, 0) is 16.0 Å². The summed E-state index contributed by atoms with van der Waals surface area (Å²) in [4.78, 5) is 27.5. The van der Waals surface area contributed by atoms with Gasteiger partial charge in [0.1, 0.15) is 5.75 Å². The number of anilines is 1. The number of fused-ring (bicyclic) bond motifs is 1. The fraction of sp³-hybridized carbons (Fsp3) is 0.391. The van der Waals surface area contributed by atoms with Crippen molar-refractivity contribution >= 4 is 29.9 Å². The van der Waals surface area contributed by atoms with Crippen molar-refractivity contribution in [2.24, 2.45) is 5.92 Å². The largest absolute Gasteiger partial charge is 0.496 e. The van der Waals surface area contributed by atoms with Crippen LogP contribution >= 0.6 is 12.4 Å². The highest BCUT2D eigenvalue weighted by Gasteiger charge is 2.31. The van der Waals surface area contributed by atoms with Gasteiger partial charge in [-0.05, 0) is 30.5 Å². The van der Waals surface area contributed by atoms with Crippen LogP contribution in [0.5, 0.6) is 5.75 Å². The predicted molar refractivity (Wildman–Crippen MR) is 119 cm³/mol. The number of nitrogens with zero attached hydrogens (tertiary/aromatic N) is 1. The molecule has 0 bridgehead atoms. The number of hydrogen-bond acceptors (Lipinski definition) is 4. The fourth-order valence-electron chi connectivity index (χ4n) is 4.31. The van der Waals surface area contributed by atoms with Gasteiger partial charge in [0.15, 0.2) is 0 Å². The molecule has 2 unspecified atom stereocenters. The number of carbonyl (C=O) groups is 2. The molecule has 2 aromatic carbocycles. The third kappa shape index (κ3) is 4.60. The molecule has 2 aliphatic rings. The maximum Gasteiger partial charge on any atom is 0.227 e. The highest BCUT2D eigenvalue weighted by atomic mass is 35.5. The summed E-state index contributed by atoms with van der Waals surface area (Å²) in [5, 5.41) is 6.35. The topological polar surface area (TPSA) is 70.7 Å². The number of nitrogens with one attached hydrogen (secondary N) is 2. The van der Waals surface area contributed by atoms with Gasteiger partial charge in [-0.15, -0.1) is 12.4 Å². The Kier molecular flexibility index (Phi) is 7.34. The Hall–Kier alpha value is -2.57. The second-order valence-corrected chi connectivity index (χ2v) is 7.64. The molecule has 7 heteroatoms. The van der Waals surface area contributed by atoms with E-state index in [0.29, 0.717) is 32.4 Å². The molecular weight excluding hydrogens is 402 g/mol. The van der Waals surface area contributed by atoms with E-state index in [-0.39, 0.29) is 36.2 Å². The van der Waals surface area contributed by atoms with Crippen LogP contribution in [-0.4, -0.2) is 43.5 Å². The minimum Gasteiger partial charge on any atom is -0.496 e. The maximum atomic E-state index is 13.1. The molecule has 0 saturated carbocycles. The van der Waals surface area contributed by atoms with E-state index >= 15 is 0 Å². The first-order chi connectivity index (χ1) is 14.2. The molecule has 0 radical (unpaired) electrons. The van der Waals surface area contributed by atoms with Crippen molar-refractivity contribution in [1.29, 1.82) is 0 Å². The normalized spacial score (nSPS) is 20.6. The second-order valence-electron chi connectivity index (χ2n) is 7.64. The van der Waals surface area contributed by atoms with Crippen molar-refractivity contribution in [3.8, 4) is 5.75 Å². The Labute approximate surface area is 183 Å². The van der Waals surface area contributed by atoms with Gasteiger partial charge < -0.3 is 20.3 Å². The molecule has 160 valence electrons. The third-order valence-corrected chi connectivity index (χ3v) is 5.88. The van der Waals surface area contributed by atoms with Crippen LogP contribution in [0.1, 0.15) is 30.0 Å². The molecule has 1 fully saturated rings.